The molecule has 0 aliphatic carbocycles. The second-order valence-corrected chi connectivity index (χ2v) is 7.22. The lowest BCUT2D eigenvalue weighted by Crippen LogP contribution is -1.90. The summed E-state index contributed by atoms with van der Waals surface area (Å²) in [7, 11) is 0. The van der Waals surface area contributed by atoms with E-state index in [9.17, 15) is 0 Å². The minimum absolute atomic E-state index is 0.590. The van der Waals surface area contributed by atoms with Crippen molar-refractivity contribution in [1.82, 2.24) is 35.1 Å². The van der Waals surface area contributed by atoms with Crippen molar-refractivity contribution in [3.05, 3.63) is 73.4 Å². The van der Waals surface area contributed by atoms with Crippen LogP contribution in [0.2, 0.25) is 0 Å². The van der Waals surface area contributed by atoms with Crippen molar-refractivity contribution in [3.63, 3.8) is 0 Å². The molecule has 0 amide bonds. The third-order valence-corrected chi connectivity index (χ3v) is 5.23. The summed E-state index contributed by atoms with van der Waals surface area (Å²) in [5.74, 6) is 0.686. The zero-order valence-electron chi connectivity index (χ0n) is 16.2. The van der Waals surface area contributed by atoms with Crippen LogP contribution in [0.5, 0.6) is 0 Å². The number of hydrogen-bond acceptors (Lipinski definition) is 6. The summed E-state index contributed by atoms with van der Waals surface area (Å²) in [4.78, 5) is 21.1. The molecule has 0 aliphatic rings. The van der Waals surface area contributed by atoms with Crippen LogP contribution in [0.25, 0.3) is 55.8 Å². The van der Waals surface area contributed by atoms with Gasteiger partial charge in [0.15, 0.2) is 5.82 Å². The number of rotatable bonds is 3. The maximum atomic E-state index is 5.89. The summed E-state index contributed by atoms with van der Waals surface area (Å²) in [6.45, 7) is 0. The number of anilines is 1. The Bertz CT molecular complexity index is 1550. The van der Waals surface area contributed by atoms with Crippen LogP contribution in [0.3, 0.4) is 0 Å². The van der Waals surface area contributed by atoms with Gasteiger partial charge in [-0.05, 0) is 35.9 Å². The topological polar surface area (TPSA) is 122 Å². The average molecular weight is 404 g/mol. The third kappa shape index (κ3) is 2.89. The average Bonchev–Trinajstić information content (AvgIpc) is 3.43. The predicted octanol–water partition coefficient (Wildman–Crippen LogP) is 4.21. The number of para-hydroxylation sites is 1. The molecule has 0 atom stereocenters. The standard InChI is InChI=1S/C23H16N8/c24-15-8-14(10-26-11-15)19-9-17-20(12-27-19)30-31-22(17)23-28-18-3-1-2-16(21(18)29-23)13-4-6-25-7-5-13/h1-12H,24H2,(H,28,29)(H,30,31). The van der Waals surface area contributed by atoms with E-state index in [-0.39, 0.29) is 0 Å². The van der Waals surface area contributed by atoms with Gasteiger partial charge in [0.25, 0.3) is 0 Å². The summed E-state index contributed by atoms with van der Waals surface area (Å²) >= 11 is 0. The summed E-state index contributed by atoms with van der Waals surface area (Å²) in [5, 5.41) is 8.47. The lowest BCUT2D eigenvalue weighted by molar-refractivity contribution is 1.10. The van der Waals surface area contributed by atoms with Gasteiger partial charge in [0.1, 0.15) is 5.69 Å². The summed E-state index contributed by atoms with van der Waals surface area (Å²) in [6.07, 6.45) is 8.67. The number of nitrogens with zero attached hydrogens (tertiary/aromatic N) is 5. The van der Waals surface area contributed by atoms with Gasteiger partial charge in [-0.3, -0.25) is 20.1 Å². The molecule has 4 N–H and O–H groups in total. The van der Waals surface area contributed by atoms with E-state index in [4.69, 9.17) is 10.7 Å². The molecule has 1 aromatic carbocycles. The Kier molecular flexibility index (Phi) is 3.76. The van der Waals surface area contributed by atoms with Crippen molar-refractivity contribution >= 4 is 27.6 Å². The van der Waals surface area contributed by atoms with E-state index in [0.29, 0.717) is 11.5 Å². The van der Waals surface area contributed by atoms with Gasteiger partial charge in [0.2, 0.25) is 0 Å². The van der Waals surface area contributed by atoms with E-state index in [0.717, 1.165) is 50.0 Å². The number of pyridine rings is 3. The predicted molar refractivity (Wildman–Crippen MR) is 120 cm³/mol. The Balaban J connectivity index is 1.51. The van der Waals surface area contributed by atoms with Gasteiger partial charge < -0.3 is 10.7 Å². The van der Waals surface area contributed by atoms with E-state index >= 15 is 0 Å². The van der Waals surface area contributed by atoms with E-state index in [1.54, 1.807) is 31.0 Å². The highest BCUT2D eigenvalue weighted by atomic mass is 15.1. The largest absolute Gasteiger partial charge is 0.397 e. The van der Waals surface area contributed by atoms with Gasteiger partial charge in [0.05, 0.1) is 34.1 Å². The zero-order chi connectivity index (χ0) is 20.8. The summed E-state index contributed by atoms with van der Waals surface area (Å²) in [6, 6.07) is 13.9. The third-order valence-electron chi connectivity index (χ3n) is 5.23. The molecular formula is C23H16N8. The first kappa shape index (κ1) is 17.3. The lowest BCUT2D eigenvalue weighted by Gasteiger charge is -2.02. The first-order chi connectivity index (χ1) is 15.3. The molecule has 5 aromatic heterocycles. The fraction of sp³-hybridized carbons (Fsp3) is 0. The Labute approximate surface area is 176 Å². The first-order valence-corrected chi connectivity index (χ1v) is 9.71. The monoisotopic (exact) mass is 404 g/mol. The Morgan fingerprint density at radius 3 is 2.61 bits per heavy atom. The van der Waals surface area contributed by atoms with Crippen LogP contribution >= 0.6 is 0 Å². The van der Waals surface area contributed by atoms with Crippen molar-refractivity contribution in [1.29, 1.82) is 0 Å². The van der Waals surface area contributed by atoms with E-state index in [2.05, 4.69) is 36.2 Å². The molecule has 0 aliphatic heterocycles. The fourth-order valence-corrected chi connectivity index (χ4v) is 3.76. The number of nitrogens with two attached hydrogens (primary N) is 1. The maximum absolute atomic E-state index is 5.89. The van der Waals surface area contributed by atoms with Gasteiger partial charge in [-0.25, -0.2) is 4.98 Å². The van der Waals surface area contributed by atoms with Crippen LogP contribution in [-0.2, 0) is 0 Å². The highest BCUT2D eigenvalue weighted by molar-refractivity contribution is 5.97. The number of benzene rings is 1. The molecular weight excluding hydrogens is 388 g/mol. The molecule has 6 aromatic rings. The molecule has 8 nitrogen and oxygen atoms in total. The summed E-state index contributed by atoms with van der Waals surface area (Å²) in [5.41, 5.74) is 13.6. The van der Waals surface area contributed by atoms with Gasteiger partial charge in [-0.2, -0.15) is 5.10 Å². The Morgan fingerprint density at radius 1 is 0.839 bits per heavy atom. The number of fused-ring (bicyclic) bond motifs is 2. The number of H-pyrrole nitrogens is 2. The Hall–Kier alpha value is -4.59. The van der Waals surface area contributed by atoms with Crippen molar-refractivity contribution in [2.45, 2.75) is 0 Å². The van der Waals surface area contributed by atoms with Crippen LogP contribution in [0.4, 0.5) is 5.69 Å². The molecule has 0 saturated heterocycles. The van der Waals surface area contributed by atoms with Gasteiger partial charge in [0, 0.05) is 41.3 Å². The van der Waals surface area contributed by atoms with Crippen molar-refractivity contribution in [2.24, 2.45) is 0 Å². The SMILES string of the molecule is Nc1cncc(-c2cc3c(-c4nc5c(-c6ccncc6)cccc5[nH]4)n[nH]c3cn2)c1. The second kappa shape index (κ2) is 6.74. The maximum Gasteiger partial charge on any atom is 0.159 e. The van der Waals surface area contributed by atoms with Crippen molar-refractivity contribution in [3.8, 4) is 33.9 Å². The van der Waals surface area contributed by atoms with Gasteiger partial charge in [-0.1, -0.05) is 12.1 Å². The van der Waals surface area contributed by atoms with Crippen molar-refractivity contribution < 1.29 is 0 Å². The fourth-order valence-electron chi connectivity index (χ4n) is 3.76. The van der Waals surface area contributed by atoms with Gasteiger partial charge >= 0.3 is 0 Å². The van der Waals surface area contributed by atoms with Crippen LogP contribution in [0, 0.1) is 0 Å². The molecule has 148 valence electrons. The molecule has 0 spiro atoms. The summed E-state index contributed by atoms with van der Waals surface area (Å²) < 4.78 is 0. The highest BCUT2D eigenvalue weighted by Crippen LogP contribution is 2.32. The zero-order valence-corrected chi connectivity index (χ0v) is 16.2. The number of imidazole rings is 1. The minimum Gasteiger partial charge on any atom is -0.397 e. The molecule has 8 heteroatoms. The number of aromatic nitrogens is 7. The number of nitrogen functional groups attached to an aromatic ring is 1. The molecule has 0 bridgehead atoms. The van der Waals surface area contributed by atoms with Crippen LogP contribution in [0.15, 0.2) is 73.4 Å². The number of nitrogens with one attached hydrogen (secondary N) is 2. The van der Waals surface area contributed by atoms with Crippen molar-refractivity contribution in [2.75, 3.05) is 5.73 Å². The second-order valence-electron chi connectivity index (χ2n) is 7.22. The van der Waals surface area contributed by atoms with Crippen LogP contribution in [0.1, 0.15) is 0 Å². The molecule has 6 rings (SSSR count). The van der Waals surface area contributed by atoms with Gasteiger partial charge in [-0.15, -0.1) is 0 Å². The van der Waals surface area contributed by atoms with Crippen LogP contribution in [-0.4, -0.2) is 35.1 Å². The molecule has 31 heavy (non-hydrogen) atoms. The Morgan fingerprint density at radius 2 is 1.74 bits per heavy atom. The highest BCUT2D eigenvalue weighted by Gasteiger charge is 2.16. The van der Waals surface area contributed by atoms with E-state index < -0.39 is 0 Å². The normalized spacial score (nSPS) is 11.4. The first-order valence-electron chi connectivity index (χ1n) is 9.71. The van der Waals surface area contributed by atoms with E-state index in [1.807, 2.05) is 36.4 Å². The molecule has 0 fully saturated rings. The van der Waals surface area contributed by atoms with Crippen LogP contribution < -0.4 is 5.73 Å². The molecule has 0 radical (unpaired) electrons. The molecule has 0 saturated carbocycles. The smallest absolute Gasteiger partial charge is 0.159 e. The quantitative estimate of drug-likeness (QED) is 0.406. The number of hydrogen-bond donors (Lipinski definition) is 3. The van der Waals surface area contributed by atoms with E-state index in [1.165, 1.54) is 0 Å². The molecule has 0 unspecified atom stereocenters. The lowest BCUT2D eigenvalue weighted by atomic mass is 10.1. The minimum atomic E-state index is 0.590. The molecule has 5 heterocycles. The number of aromatic amines is 2.